The Kier molecular flexibility index (Phi) is 6.18. The molecule has 0 spiro atoms. The van der Waals surface area contributed by atoms with Crippen molar-refractivity contribution in [3.05, 3.63) is 41.7 Å². The van der Waals surface area contributed by atoms with E-state index in [1.165, 1.54) is 21.1 Å². The Morgan fingerprint density at radius 1 is 1.30 bits per heavy atom. The molecule has 0 radical (unpaired) electrons. The molecule has 30 heavy (non-hydrogen) atoms. The molecule has 1 aliphatic rings. The van der Waals surface area contributed by atoms with Crippen molar-refractivity contribution in [3.8, 4) is 5.75 Å². The average molecular weight is 435 g/mol. The number of carbonyl (C=O) groups excluding carboxylic acids is 2. The van der Waals surface area contributed by atoms with Gasteiger partial charge in [0, 0.05) is 26.3 Å². The Bertz CT molecular complexity index is 1070. The van der Waals surface area contributed by atoms with E-state index in [9.17, 15) is 18.0 Å². The molecule has 0 aliphatic carbocycles. The fourth-order valence-electron chi connectivity index (χ4n) is 3.34. The normalized spacial score (nSPS) is 14.6. The molecule has 0 saturated carbocycles. The van der Waals surface area contributed by atoms with Crippen LogP contribution in [0.25, 0.3) is 0 Å². The van der Waals surface area contributed by atoms with Crippen molar-refractivity contribution < 1.29 is 22.7 Å². The number of hydrogen-bond donors (Lipinski definition) is 2. The molecule has 2 N–H and O–H groups in total. The standard InChI is InChI=1S/C20H26N4O5S/c1-5-24(6-2)30(27,28)15-10-17(23(4)11-15)20(26)21-13(3)14-7-8-18-16(9-14)22-19(25)12-29-18/h7-11,13H,5-6,12H2,1-4H3,(H,21,26)(H,22,25). The zero-order chi connectivity index (χ0) is 22.1. The molecule has 2 amide bonds. The van der Waals surface area contributed by atoms with Crippen LogP contribution in [-0.4, -0.2) is 48.8 Å². The summed E-state index contributed by atoms with van der Waals surface area (Å²) >= 11 is 0. The van der Waals surface area contributed by atoms with Gasteiger partial charge in [-0.25, -0.2) is 8.42 Å². The Hall–Kier alpha value is -2.85. The van der Waals surface area contributed by atoms with Gasteiger partial charge in [-0.05, 0) is 30.7 Å². The average Bonchev–Trinajstić information content (AvgIpc) is 3.10. The van der Waals surface area contributed by atoms with E-state index in [1.807, 2.05) is 13.0 Å². The molecule has 2 heterocycles. The largest absolute Gasteiger partial charge is 0.482 e. The van der Waals surface area contributed by atoms with Gasteiger partial charge in [0.1, 0.15) is 16.3 Å². The molecule has 2 aromatic rings. The van der Waals surface area contributed by atoms with Crippen LogP contribution in [0.1, 0.15) is 42.9 Å². The Morgan fingerprint density at radius 3 is 2.67 bits per heavy atom. The summed E-state index contributed by atoms with van der Waals surface area (Å²) in [5, 5.41) is 5.61. The van der Waals surface area contributed by atoms with Gasteiger partial charge in [0.2, 0.25) is 10.0 Å². The van der Waals surface area contributed by atoms with E-state index in [-0.39, 0.29) is 29.1 Å². The minimum absolute atomic E-state index is 0.0230. The Balaban J connectivity index is 1.79. The van der Waals surface area contributed by atoms with Crippen molar-refractivity contribution >= 4 is 27.5 Å². The second-order valence-electron chi connectivity index (χ2n) is 7.05. The molecule has 162 valence electrons. The lowest BCUT2D eigenvalue weighted by molar-refractivity contribution is -0.118. The summed E-state index contributed by atoms with van der Waals surface area (Å²) in [6.45, 7) is 6.03. The molecule has 0 bridgehead atoms. The molecule has 0 fully saturated rings. The zero-order valence-electron chi connectivity index (χ0n) is 17.4. The molecule has 1 unspecified atom stereocenters. The molecule has 1 aromatic heterocycles. The number of fused-ring (bicyclic) bond motifs is 1. The number of rotatable bonds is 7. The highest BCUT2D eigenvalue weighted by Crippen LogP contribution is 2.30. The number of carbonyl (C=O) groups is 2. The van der Waals surface area contributed by atoms with Crippen molar-refractivity contribution in [1.82, 2.24) is 14.2 Å². The minimum atomic E-state index is -3.65. The van der Waals surface area contributed by atoms with E-state index in [2.05, 4.69) is 10.6 Å². The fourth-order valence-corrected chi connectivity index (χ4v) is 4.87. The highest BCUT2D eigenvalue weighted by molar-refractivity contribution is 7.89. The van der Waals surface area contributed by atoms with Crippen LogP contribution >= 0.6 is 0 Å². The molecule has 0 saturated heterocycles. The number of nitrogens with one attached hydrogen (secondary N) is 2. The maximum Gasteiger partial charge on any atom is 0.268 e. The van der Waals surface area contributed by atoms with Gasteiger partial charge in [-0.15, -0.1) is 0 Å². The highest BCUT2D eigenvalue weighted by Gasteiger charge is 2.26. The van der Waals surface area contributed by atoms with E-state index in [4.69, 9.17) is 4.74 Å². The minimum Gasteiger partial charge on any atom is -0.482 e. The summed E-state index contributed by atoms with van der Waals surface area (Å²) in [4.78, 5) is 24.4. The van der Waals surface area contributed by atoms with Crippen LogP contribution in [0.15, 0.2) is 35.4 Å². The van der Waals surface area contributed by atoms with Crippen molar-refractivity contribution in [2.45, 2.75) is 31.7 Å². The summed E-state index contributed by atoms with van der Waals surface area (Å²) in [6, 6.07) is 6.31. The second kappa shape index (κ2) is 8.49. The van der Waals surface area contributed by atoms with Gasteiger partial charge in [0.15, 0.2) is 6.61 Å². The molecular formula is C20H26N4O5S. The molecular weight excluding hydrogens is 408 g/mol. The van der Waals surface area contributed by atoms with Crippen LogP contribution in [0, 0.1) is 0 Å². The molecule has 1 aliphatic heterocycles. The number of anilines is 1. The van der Waals surface area contributed by atoms with Crippen LogP contribution in [0.4, 0.5) is 5.69 Å². The van der Waals surface area contributed by atoms with Gasteiger partial charge in [-0.2, -0.15) is 4.31 Å². The zero-order valence-corrected chi connectivity index (χ0v) is 18.2. The third-order valence-electron chi connectivity index (χ3n) is 5.04. The smallest absolute Gasteiger partial charge is 0.268 e. The first kappa shape index (κ1) is 21.8. The fraction of sp³-hybridized carbons (Fsp3) is 0.400. The summed E-state index contributed by atoms with van der Waals surface area (Å²) in [5.41, 5.74) is 1.57. The first-order valence-corrected chi connectivity index (χ1v) is 11.1. The van der Waals surface area contributed by atoms with Gasteiger partial charge in [0.25, 0.3) is 11.8 Å². The Labute approximate surface area is 176 Å². The first-order valence-electron chi connectivity index (χ1n) is 9.71. The molecule has 3 rings (SSSR count). The maximum absolute atomic E-state index is 12.8. The SMILES string of the molecule is CCN(CC)S(=O)(=O)c1cc(C(=O)NC(C)c2ccc3c(c2)NC(=O)CO3)n(C)c1. The number of hydrogen-bond acceptors (Lipinski definition) is 5. The van der Waals surface area contributed by atoms with Gasteiger partial charge < -0.3 is 19.9 Å². The van der Waals surface area contributed by atoms with E-state index in [1.54, 1.807) is 33.0 Å². The maximum atomic E-state index is 12.8. The van der Waals surface area contributed by atoms with Gasteiger partial charge in [-0.1, -0.05) is 19.9 Å². The first-order chi connectivity index (χ1) is 14.2. The number of ether oxygens (including phenoxy) is 1. The second-order valence-corrected chi connectivity index (χ2v) is 8.99. The third kappa shape index (κ3) is 4.19. The number of nitrogens with zero attached hydrogens (tertiary/aromatic N) is 2. The van der Waals surface area contributed by atoms with Crippen LogP contribution in [-0.2, 0) is 21.9 Å². The van der Waals surface area contributed by atoms with Gasteiger partial charge in [0.05, 0.1) is 11.7 Å². The quantitative estimate of drug-likeness (QED) is 0.691. The Morgan fingerprint density at radius 2 is 2.00 bits per heavy atom. The molecule has 9 nitrogen and oxygen atoms in total. The van der Waals surface area contributed by atoms with Crippen molar-refractivity contribution in [2.24, 2.45) is 7.05 Å². The number of aromatic nitrogens is 1. The third-order valence-corrected chi connectivity index (χ3v) is 7.05. The summed E-state index contributed by atoms with van der Waals surface area (Å²) in [5.74, 6) is -0.0587. The number of sulfonamides is 1. The summed E-state index contributed by atoms with van der Waals surface area (Å²) in [6.07, 6.45) is 1.44. The highest BCUT2D eigenvalue weighted by atomic mass is 32.2. The predicted octanol–water partition coefficient (Wildman–Crippen LogP) is 1.88. The van der Waals surface area contributed by atoms with Crippen LogP contribution in [0.5, 0.6) is 5.75 Å². The summed E-state index contributed by atoms with van der Waals surface area (Å²) in [7, 11) is -2.02. The van der Waals surface area contributed by atoms with Crippen LogP contribution in [0.2, 0.25) is 0 Å². The van der Waals surface area contributed by atoms with Crippen molar-refractivity contribution in [3.63, 3.8) is 0 Å². The van der Waals surface area contributed by atoms with Crippen molar-refractivity contribution in [2.75, 3.05) is 25.0 Å². The van der Waals surface area contributed by atoms with E-state index in [0.29, 0.717) is 24.5 Å². The van der Waals surface area contributed by atoms with Crippen molar-refractivity contribution in [1.29, 1.82) is 0 Å². The molecule has 1 atom stereocenters. The lowest BCUT2D eigenvalue weighted by Gasteiger charge is -2.21. The van der Waals surface area contributed by atoms with E-state index >= 15 is 0 Å². The summed E-state index contributed by atoms with van der Waals surface area (Å²) < 4.78 is 33.6. The molecule has 1 aromatic carbocycles. The monoisotopic (exact) mass is 434 g/mol. The van der Waals surface area contributed by atoms with E-state index < -0.39 is 15.9 Å². The van der Waals surface area contributed by atoms with Crippen LogP contribution in [0.3, 0.4) is 0 Å². The van der Waals surface area contributed by atoms with E-state index in [0.717, 1.165) is 5.56 Å². The van der Waals surface area contributed by atoms with Gasteiger partial charge >= 0.3 is 0 Å². The van der Waals surface area contributed by atoms with Crippen LogP contribution < -0.4 is 15.4 Å². The number of benzene rings is 1. The topological polar surface area (TPSA) is 110 Å². The lowest BCUT2D eigenvalue weighted by atomic mass is 10.1. The lowest BCUT2D eigenvalue weighted by Crippen LogP contribution is -2.30. The van der Waals surface area contributed by atoms with Gasteiger partial charge in [-0.3, -0.25) is 9.59 Å². The number of aryl methyl sites for hydroxylation is 1. The predicted molar refractivity (Wildman–Crippen MR) is 112 cm³/mol. The number of amides is 2. The molecule has 10 heteroatoms.